The summed E-state index contributed by atoms with van der Waals surface area (Å²) in [5, 5.41) is 6.74. The Morgan fingerprint density at radius 1 is 0.941 bits per heavy atom. The van der Waals surface area contributed by atoms with E-state index >= 15 is 0 Å². The lowest BCUT2D eigenvalue weighted by molar-refractivity contribution is -0.116. The zero-order valence-corrected chi connectivity index (χ0v) is 18.8. The predicted molar refractivity (Wildman–Crippen MR) is 124 cm³/mol. The number of ether oxygens (including phenoxy) is 3. The molecule has 174 valence electrons. The van der Waals surface area contributed by atoms with Gasteiger partial charge in [-0.15, -0.1) is 0 Å². The first-order valence-corrected chi connectivity index (χ1v) is 10.2. The van der Waals surface area contributed by atoms with E-state index < -0.39 is 5.91 Å². The van der Waals surface area contributed by atoms with Gasteiger partial charge < -0.3 is 28.6 Å². The Hall–Kier alpha value is -4.60. The van der Waals surface area contributed by atoms with Crippen molar-refractivity contribution in [1.82, 2.24) is 14.7 Å². The summed E-state index contributed by atoms with van der Waals surface area (Å²) < 4.78 is 22.2. The number of hydrogen-bond donors (Lipinski definition) is 1. The van der Waals surface area contributed by atoms with Crippen LogP contribution in [-0.4, -0.2) is 41.9 Å². The summed E-state index contributed by atoms with van der Waals surface area (Å²) in [6.45, 7) is -0.208. The molecule has 0 aliphatic heterocycles. The summed E-state index contributed by atoms with van der Waals surface area (Å²) in [5.74, 6) is 1.95. The maximum atomic E-state index is 12.6. The van der Waals surface area contributed by atoms with Gasteiger partial charge in [0.15, 0.2) is 11.5 Å². The van der Waals surface area contributed by atoms with Crippen molar-refractivity contribution in [3.63, 3.8) is 0 Å². The van der Waals surface area contributed by atoms with Gasteiger partial charge in [-0.2, -0.15) is 4.98 Å². The van der Waals surface area contributed by atoms with E-state index in [0.29, 0.717) is 34.3 Å². The molecule has 2 aromatic carbocycles. The van der Waals surface area contributed by atoms with Crippen LogP contribution in [0.1, 0.15) is 0 Å². The first-order valence-electron chi connectivity index (χ1n) is 10.2. The van der Waals surface area contributed by atoms with Crippen molar-refractivity contribution in [2.75, 3.05) is 26.6 Å². The van der Waals surface area contributed by atoms with Crippen molar-refractivity contribution in [1.29, 1.82) is 0 Å². The molecule has 0 atom stereocenters. The minimum Gasteiger partial charge on any atom is -0.497 e. The molecule has 4 aromatic rings. The normalized spacial score (nSPS) is 10.6. The summed E-state index contributed by atoms with van der Waals surface area (Å²) in [6, 6.07) is 15.1. The third-order valence-corrected chi connectivity index (χ3v) is 4.99. The van der Waals surface area contributed by atoms with E-state index in [1.54, 1.807) is 43.5 Å². The molecule has 10 heteroatoms. The molecule has 1 N–H and O–H groups in total. The van der Waals surface area contributed by atoms with E-state index in [4.69, 9.17) is 18.7 Å². The third kappa shape index (κ3) is 4.90. The Labute approximate surface area is 194 Å². The van der Waals surface area contributed by atoms with Crippen LogP contribution in [0.2, 0.25) is 0 Å². The number of aromatic nitrogens is 3. The van der Waals surface area contributed by atoms with Gasteiger partial charge in [-0.25, -0.2) is 0 Å². The van der Waals surface area contributed by atoms with Crippen molar-refractivity contribution in [2.45, 2.75) is 6.54 Å². The number of benzene rings is 2. The van der Waals surface area contributed by atoms with Crippen LogP contribution in [0.15, 0.2) is 70.1 Å². The number of methoxy groups -OCH3 is 3. The lowest BCUT2D eigenvalue weighted by Crippen LogP contribution is -2.26. The van der Waals surface area contributed by atoms with Gasteiger partial charge in [-0.05, 0) is 42.5 Å². The highest BCUT2D eigenvalue weighted by atomic mass is 16.5. The molecule has 0 spiro atoms. The van der Waals surface area contributed by atoms with Crippen LogP contribution >= 0.6 is 0 Å². The molecule has 0 saturated carbocycles. The minimum atomic E-state index is -0.393. The molecule has 0 radical (unpaired) electrons. The van der Waals surface area contributed by atoms with Crippen molar-refractivity contribution in [3.8, 4) is 40.1 Å². The molecule has 0 unspecified atom stereocenters. The standard InChI is InChI=1S/C24H22N4O6/c1-31-18-8-4-15(5-9-18)23-26-24(34-27-23)16-6-11-22(30)28(13-16)14-21(29)25-17-7-10-19(32-2)20(12-17)33-3/h4-13H,14H2,1-3H3,(H,25,29). The van der Waals surface area contributed by atoms with Gasteiger partial charge in [0.25, 0.3) is 11.4 Å². The number of pyridine rings is 1. The first kappa shape index (κ1) is 22.6. The fraction of sp³-hybridized carbons (Fsp3) is 0.167. The summed E-state index contributed by atoms with van der Waals surface area (Å²) in [7, 11) is 4.62. The maximum Gasteiger partial charge on any atom is 0.259 e. The Morgan fingerprint density at radius 3 is 2.38 bits per heavy atom. The summed E-state index contributed by atoms with van der Waals surface area (Å²) in [4.78, 5) is 29.3. The Kier molecular flexibility index (Phi) is 6.58. The number of rotatable bonds is 8. The lowest BCUT2D eigenvalue weighted by atomic mass is 10.2. The van der Waals surface area contributed by atoms with Crippen LogP contribution in [0.3, 0.4) is 0 Å². The molecule has 0 aliphatic carbocycles. The Bertz CT molecular complexity index is 1360. The van der Waals surface area contributed by atoms with Gasteiger partial charge in [-0.3, -0.25) is 9.59 Å². The predicted octanol–water partition coefficient (Wildman–Crippen LogP) is 3.23. The van der Waals surface area contributed by atoms with Crippen molar-refractivity contribution < 1.29 is 23.5 Å². The molecule has 0 bridgehead atoms. The number of nitrogens with zero attached hydrogens (tertiary/aromatic N) is 3. The van der Waals surface area contributed by atoms with Crippen molar-refractivity contribution >= 4 is 11.6 Å². The average Bonchev–Trinajstić information content (AvgIpc) is 3.35. The fourth-order valence-electron chi connectivity index (χ4n) is 3.25. The van der Waals surface area contributed by atoms with Crippen LogP contribution in [0.5, 0.6) is 17.2 Å². The van der Waals surface area contributed by atoms with Gasteiger partial charge in [0.05, 0.1) is 26.9 Å². The minimum absolute atomic E-state index is 0.208. The zero-order valence-electron chi connectivity index (χ0n) is 18.8. The van der Waals surface area contributed by atoms with Gasteiger partial charge >= 0.3 is 0 Å². The molecule has 10 nitrogen and oxygen atoms in total. The molecular weight excluding hydrogens is 440 g/mol. The largest absolute Gasteiger partial charge is 0.497 e. The van der Waals surface area contributed by atoms with E-state index in [-0.39, 0.29) is 18.0 Å². The quantitative estimate of drug-likeness (QED) is 0.424. The van der Waals surface area contributed by atoms with Crippen molar-refractivity contribution in [2.24, 2.45) is 0 Å². The van der Waals surface area contributed by atoms with Gasteiger partial charge in [0.2, 0.25) is 11.7 Å². The number of amides is 1. The fourth-order valence-corrected chi connectivity index (χ4v) is 3.25. The highest BCUT2D eigenvalue weighted by molar-refractivity contribution is 5.91. The summed E-state index contributed by atoms with van der Waals surface area (Å²) >= 11 is 0. The van der Waals surface area contributed by atoms with Crippen molar-refractivity contribution in [3.05, 3.63) is 71.1 Å². The second kappa shape index (κ2) is 9.90. The van der Waals surface area contributed by atoms with Gasteiger partial charge in [0, 0.05) is 29.6 Å². The number of nitrogens with one attached hydrogen (secondary N) is 1. The molecule has 1 amide bonds. The number of carbonyl (C=O) groups is 1. The smallest absolute Gasteiger partial charge is 0.259 e. The zero-order chi connectivity index (χ0) is 24.1. The van der Waals surface area contributed by atoms with Crippen LogP contribution in [-0.2, 0) is 11.3 Å². The molecular formula is C24H22N4O6. The summed E-state index contributed by atoms with van der Waals surface area (Å²) in [5.41, 5.74) is 1.41. The lowest BCUT2D eigenvalue weighted by Gasteiger charge is -2.11. The molecule has 0 saturated heterocycles. The Morgan fingerprint density at radius 2 is 1.68 bits per heavy atom. The highest BCUT2D eigenvalue weighted by Crippen LogP contribution is 2.29. The second-order valence-electron chi connectivity index (χ2n) is 7.15. The second-order valence-corrected chi connectivity index (χ2v) is 7.15. The van der Waals surface area contributed by atoms with Crippen LogP contribution in [0, 0.1) is 0 Å². The monoisotopic (exact) mass is 462 g/mol. The molecule has 4 rings (SSSR count). The first-order chi connectivity index (χ1) is 16.5. The maximum absolute atomic E-state index is 12.6. The number of anilines is 1. The van der Waals surface area contributed by atoms with E-state index in [9.17, 15) is 9.59 Å². The molecule has 2 aromatic heterocycles. The van der Waals surface area contributed by atoms with Gasteiger partial charge in [0.1, 0.15) is 12.3 Å². The van der Waals surface area contributed by atoms with E-state index in [1.807, 2.05) is 12.1 Å². The Balaban J connectivity index is 1.51. The third-order valence-electron chi connectivity index (χ3n) is 4.99. The van der Waals surface area contributed by atoms with E-state index in [0.717, 1.165) is 5.56 Å². The average molecular weight is 462 g/mol. The van der Waals surface area contributed by atoms with Crippen LogP contribution in [0.4, 0.5) is 5.69 Å². The topological polar surface area (TPSA) is 118 Å². The van der Waals surface area contributed by atoms with E-state index in [2.05, 4.69) is 15.5 Å². The molecule has 0 aliphatic rings. The van der Waals surface area contributed by atoms with Crippen LogP contribution in [0.25, 0.3) is 22.8 Å². The van der Waals surface area contributed by atoms with Crippen LogP contribution < -0.4 is 25.1 Å². The summed E-state index contributed by atoms with van der Waals surface area (Å²) in [6.07, 6.45) is 1.50. The number of carbonyl (C=O) groups excluding carboxylic acids is 1. The molecule has 34 heavy (non-hydrogen) atoms. The molecule has 0 fully saturated rings. The molecule has 2 heterocycles. The SMILES string of the molecule is COc1ccc(-c2noc(-c3ccc(=O)n(CC(=O)Nc4ccc(OC)c(OC)c4)c3)n2)cc1. The van der Waals surface area contributed by atoms with E-state index in [1.165, 1.54) is 31.0 Å². The van der Waals surface area contributed by atoms with Gasteiger partial charge in [-0.1, -0.05) is 5.16 Å². The highest BCUT2D eigenvalue weighted by Gasteiger charge is 2.14. The number of hydrogen-bond acceptors (Lipinski definition) is 8.